The normalized spacial score (nSPS) is 18.8. The summed E-state index contributed by atoms with van der Waals surface area (Å²) in [5, 5.41) is 4.25. The van der Waals surface area contributed by atoms with E-state index in [4.69, 9.17) is 0 Å². The van der Waals surface area contributed by atoms with Crippen LogP contribution in [0.15, 0.2) is 22.8 Å². The molecule has 0 bridgehead atoms. The second-order valence-electron chi connectivity index (χ2n) is 4.49. The third-order valence-corrected chi connectivity index (χ3v) is 3.65. The fourth-order valence-corrected chi connectivity index (χ4v) is 2.51. The van der Waals surface area contributed by atoms with Crippen molar-refractivity contribution in [3.63, 3.8) is 0 Å². The third kappa shape index (κ3) is 2.15. The van der Waals surface area contributed by atoms with Crippen LogP contribution in [-0.4, -0.2) is 40.1 Å². The highest BCUT2D eigenvalue weighted by atomic mass is 79.9. The summed E-state index contributed by atoms with van der Waals surface area (Å²) in [4.78, 5) is 29.2. The molecule has 7 nitrogen and oxygen atoms in total. The highest BCUT2D eigenvalue weighted by Crippen LogP contribution is 2.24. The molecule has 0 N–H and O–H groups in total. The zero-order valence-electron chi connectivity index (χ0n) is 10.6. The van der Waals surface area contributed by atoms with E-state index in [1.54, 1.807) is 16.8 Å². The van der Waals surface area contributed by atoms with Gasteiger partial charge in [-0.05, 0) is 28.1 Å². The van der Waals surface area contributed by atoms with Crippen LogP contribution in [0.5, 0.6) is 0 Å². The molecule has 1 aliphatic rings. The number of anilines is 1. The fraction of sp³-hybridized carbons (Fsp3) is 0.333. The molecule has 20 heavy (non-hydrogen) atoms. The number of hydrogen-bond donors (Lipinski definition) is 0. The zero-order valence-corrected chi connectivity index (χ0v) is 12.2. The number of amides is 1. The molecule has 1 amide bonds. The topological polar surface area (TPSA) is 76.8 Å². The number of halogens is 1. The van der Waals surface area contributed by atoms with Gasteiger partial charge in [-0.15, -0.1) is 5.10 Å². The van der Waals surface area contributed by atoms with Gasteiger partial charge in [-0.3, -0.25) is 14.5 Å². The van der Waals surface area contributed by atoms with Crippen molar-refractivity contribution in [1.29, 1.82) is 0 Å². The summed E-state index contributed by atoms with van der Waals surface area (Å²) in [5.74, 6) is -0.701. The highest BCUT2D eigenvalue weighted by Gasteiger charge is 2.37. The smallest absolute Gasteiger partial charge is 0.311 e. The van der Waals surface area contributed by atoms with Gasteiger partial charge in [0.2, 0.25) is 5.91 Å². The minimum absolute atomic E-state index is 0.131. The molecule has 1 aliphatic heterocycles. The summed E-state index contributed by atoms with van der Waals surface area (Å²) in [6, 6.07) is 3.63. The Balaban J connectivity index is 1.91. The third-order valence-electron chi connectivity index (χ3n) is 3.18. The number of carbonyl (C=O) groups is 2. The number of methoxy groups -OCH3 is 1. The van der Waals surface area contributed by atoms with Gasteiger partial charge in [0.15, 0.2) is 5.65 Å². The van der Waals surface area contributed by atoms with Crippen molar-refractivity contribution < 1.29 is 14.3 Å². The van der Waals surface area contributed by atoms with Crippen LogP contribution in [0.3, 0.4) is 0 Å². The molecule has 0 radical (unpaired) electrons. The fourth-order valence-electron chi connectivity index (χ4n) is 2.19. The first-order valence-electron chi connectivity index (χ1n) is 5.98. The Morgan fingerprint density at radius 1 is 1.50 bits per heavy atom. The summed E-state index contributed by atoms with van der Waals surface area (Å²) in [6.45, 7) is 0.254. The second-order valence-corrected chi connectivity index (χ2v) is 5.41. The number of pyridine rings is 1. The van der Waals surface area contributed by atoms with Gasteiger partial charge in [0, 0.05) is 23.6 Å². The van der Waals surface area contributed by atoms with Crippen molar-refractivity contribution in [2.45, 2.75) is 6.42 Å². The van der Waals surface area contributed by atoms with Crippen molar-refractivity contribution in [1.82, 2.24) is 14.6 Å². The van der Waals surface area contributed by atoms with E-state index in [1.807, 2.05) is 6.07 Å². The minimum atomic E-state index is -0.453. The SMILES string of the molecule is COC(=O)C1CC(=O)N(c2nc3ccc(Br)cn3n2)C1. The maximum Gasteiger partial charge on any atom is 0.311 e. The Morgan fingerprint density at radius 2 is 2.30 bits per heavy atom. The van der Waals surface area contributed by atoms with E-state index >= 15 is 0 Å². The van der Waals surface area contributed by atoms with E-state index < -0.39 is 5.92 Å². The van der Waals surface area contributed by atoms with Gasteiger partial charge in [0.1, 0.15) is 0 Å². The lowest BCUT2D eigenvalue weighted by Crippen LogP contribution is -2.27. The van der Waals surface area contributed by atoms with Crippen molar-refractivity contribution >= 4 is 39.4 Å². The average molecular weight is 339 g/mol. The lowest BCUT2D eigenvalue weighted by atomic mass is 10.1. The molecule has 1 saturated heterocycles. The molecule has 0 aromatic carbocycles. The molecule has 1 fully saturated rings. The molecule has 0 aliphatic carbocycles. The number of carbonyl (C=O) groups excluding carboxylic acids is 2. The molecule has 104 valence electrons. The Kier molecular flexibility index (Phi) is 3.17. The molecular weight excluding hydrogens is 328 g/mol. The number of hydrogen-bond acceptors (Lipinski definition) is 5. The summed E-state index contributed by atoms with van der Waals surface area (Å²) < 4.78 is 7.12. The largest absolute Gasteiger partial charge is 0.469 e. The molecule has 0 spiro atoms. The molecule has 2 aromatic heterocycles. The van der Waals surface area contributed by atoms with E-state index in [-0.39, 0.29) is 24.8 Å². The number of rotatable bonds is 2. The van der Waals surface area contributed by atoms with E-state index in [9.17, 15) is 9.59 Å². The van der Waals surface area contributed by atoms with Crippen molar-refractivity contribution in [3.8, 4) is 0 Å². The lowest BCUT2D eigenvalue weighted by molar-refractivity contribution is -0.145. The quantitative estimate of drug-likeness (QED) is 0.764. The van der Waals surface area contributed by atoms with Crippen molar-refractivity contribution in [2.24, 2.45) is 5.92 Å². The van der Waals surface area contributed by atoms with Crippen LogP contribution < -0.4 is 4.90 Å². The van der Waals surface area contributed by atoms with Crippen molar-refractivity contribution in [3.05, 3.63) is 22.8 Å². The maximum atomic E-state index is 12.0. The summed E-state index contributed by atoms with van der Waals surface area (Å²) in [5.41, 5.74) is 0.637. The highest BCUT2D eigenvalue weighted by molar-refractivity contribution is 9.10. The molecule has 3 heterocycles. The van der Waals surface area contributed by atoms with Gasteiger partial charge in [0.25, 0.3) is 5.95 Å². The van der Waals surface area contributed by atoms with Crippen molar-refractivity contribution in [2.75, 3.05) is 18.6 Å². The molecule has 3 rings (SSSR count). The summed E-state index contributed by atoms with van der Waals surface area (Å²) >= 11 is 3.34. The Bertz CT molecular complexity index is 699. The second kappa shape index (κ2) is 4.86. The number of esters is 1. The number of fused-ring (bicyclic) bond motifs is 1. The predicted molar refractivity (Wildman–Crippen MR) is 73.2 cm³/mol. The summed E-state index contributed by atoms with van der Waals surface area (Å²) in [7, 11) is 1.32. The van der Waals surface area contributed by atoms with Gasteiger partial charge in [0.05, 0.1) is 13.0 Å². The number of aromatic nitrogens is 3. The van der Waals surface area contributed by atoms with Crippen LogP contribution in [-0.2, 0) is 14.3 Å². The monoisotopic (exact) mass is 338 g/mol. The molecule has 2 aromatic rings. The minimum Gasteiger partial charge on any atom is -0.469 e. The molecule has 1 unspecified atom stereocenters. The van der Waals surface area contributed by atoms with Crippen LogP contribution >= 0.6 is 15.9 Å². The van der Waals surface area contributed by atoms with Gasteiger partial charge in [-0.2, -0.15) is 4.98 Å². The van der Waals surface area contributed by atoms with Gasteiger partial charge < -0.3 is 4.74 Å². The molecular formula is C12H11BrN4O3. The van der Waals surface area contributed by atoms with Gasteiger partial charge >= 0.3 is 5.97 Å². The van der Waals surface area contributed by atoms with Crippen LogP contribution in [0.25, 0.3) is 5.65 Å². The molecule has 1 atom stereocenters. The molecule has 8 heteroatoms. The zero-order chi connectivity index (χ0) is 14.3. The van der Waals surface area contributed by atoms with E-state index in [1.165, 1.54) is 12.0 Å². The standard InChI is InChI=1S/C12H11BrN4O3/c1-20-11(19)7-4-10(18)16(5-7)12-14-9-3-2-8(13)6-17(9)15-12/h2-3,6-7H,4-5H2,1H3. The van der Waals surface area contributed by atoms with E-state index in [0.29, 0.717) is 11.6 Å². The Morgan fingerprint density at radius 3 is 3.05 bits per heavy atom. The van der Waals surface area contributed by atoms with E-state index in [0.717, 1.165) is 4.47 Å². The first-order chi connectivity index (χ1) is 9.58. The number of nitrogens with zero attached hydrogens (tertiary/aromatic N) is 4. The van der Waals surface area contributed by atoms with Crippen LogP contribution in [0.2, 0.25) is 0 Å². The maximum absolute atomic E-state index is 12.0. The van der Waals surface area contributed by atoms with Crippen LogP contribution in [0, 0.1) is 5.92 Å². The lowest BCUT2D eigenvalue weighted by Gasteiger charge is -2.10. The Hall–Kier alpha value is -1.96. The predicted octanol–water partition coefficient (Wildman–Crippen LogP) is 1.02. The first kappa shape index (κ1) is 13.0. The number of ether oxygens (including phenoxy) is 1. The van der Waals surface area contributed by atoms with E-state index in [2.05, 4.69) is 30.7 Å². The van der Waals surface area contributed by atoms with Crippen LogP contribution in [0.1, 0.15) is 6.42 Å². The Labute approximate surface area is 122 Å². The molecule has 0 saturated carbocycles. The van der Waals surface area contributed by atoms with Gasteiger partial charge in [-0.25, -0.2) is 4.52 Å². The van der Waals surface area contributed by atoms with Crippen LogP contribution in [0.4, 0.5) is 5.95 Å². The summed E-state index contributed by atoms with van der Waals surface area (Å²) in [6.07, 6.45) is 1.89. The first-order valence-corrected chi connectivity index (χ1v) is 6.78. The van der Waals surface area contributed by atoms with Gasteiger partial charge in [-0.1, -0.05) is 0 Å². The average Bonchev–Trinajstić information content (AvgIpc) is 3.00.